The Morgan fingerprint density at radius 2 is 1.58 bits per heavy atom. The van der Waals surface area contributed by atoms with E-state index >= 15 is 0 Å². The Morgan fingerprint density at radius 3 is 2.32 bits per heavy atom. The van der Waals surface area contributed by atoms with Crippen LogP contribution in [0.5, 0.6) is 0 Å². The second kappa shape index (κ2) is 9.33. The minimum atomic E-state index is 0.120. The Balaban J connectivity index is 1.37. The zero-order chi connectivity index (χ0) is 21.2. The predicted octanol–water partition coefficient (Wildman–Crippen LogP) is 5.02. The molecule has 1 saturated heterocycles. The quantitative estimate of drug-likeness (QED) is 0.672. The highest BCUT2D eigenvalue weighted by Crippen LogP contribution is 2.29. The molecule has 2 aliphatic heterocycles. The second-order valence-electron chi connectivity index (χ2n) is 9.32. The van der Waals surface area contributed by atoms with E-state index in [1.165, 1.54) is 38.5 Å². The van der Waals surface area contributed by atoms with Crippen molar-refractivity contribution in [2.75, 3.05) is 26.2 Å². The van der Waals surface area contributed by atoms with Gasteiger partial charge < -0.3 is 9.47 Å². The van der Waals surface area contributed by atoms with E-state index < -0.39 is 0 Å². The van der Waals surface area contributed by atoms with Crippen LogP contribution in [0, 0.1) is 0 Å². The van der Waals surface area contributed by atoms with E-state index in [1.54, 1.807) is 0 Å². The first kappa shape index (κ1) is 21.0. The minimum Gasteiger partial charge on any atom is -0.335 e. The van der Waals surface area contributed by atoms with Crippen LogP contribution in [0.25, 0.3) is 11.4 Å². The van der Waals surface area contributed by atoms with Gasteiger partial charge in [0.2, 0.25) is 0 Å². The van der Waals surface area contributed by atoms with E-state index in [0.717, 1.165) is 80.1 Å². The molecule has 6 heteroatoms. The molecule has 0 radical (unpaired) electrons. The number of hydrogen-bond acceptors (Lipinski definition) is 3. The summed E-state index contributed by atoms with van der Waals surface area (Å²) in [6, 6.07) is 8.56. The van der Waals surface area contributed by atoms with Gasteiger partial charge in [0.05, 0.1) is 5.69 Å². The maximum Gasteiger partial charge on any atom is 0.274 e. The number of halogens is 1. The highest BCUT2D eigenvalue weighted by molar-refractivity contribution is 6.30. The highest BCUT2D eigenvalue weighted by atomic mass is 35.5. The number of piperazine rings is 1. The molecule has 166 valence electrons. The summed E-state index contributed by atoms with van der Waals surface area (Å²) in [6.45, 7) is 4.56. The van der Waals surface area contributed by atoms with Crippen LogP contribution in [0.1, 0.15) is 67.5 Å². The fourth-order valence-corrected chi connectivity index (χ4v) is 5.72. The van der Waals surface area contributed by atoms with Gasteiger partial charge in [0.25, 0.3) is 5.91 Å². The van der Waals surface area contributed by atoms with Gasteiger partial charge in [0, 0.05) is 49.4 Å². The molecule has 5 rings (SSSR count). The Hall–Kier alpha value is -1.85. The fraction of sp³-hybridized carbons (Fsp3) is 0.600. The maximum atomic E-state index is 13.6. The molecular weight excluding hydrogens is 408 g/mol. The summed E-state index contributed by atoms with van der Waals surface area (Å²) >= 11 is 6.10. The summed E-state index contributed by atoms with van der Waals surface area (Å²) < 4.78 is 2.29. The molecule has 5 nitrogen and oxygen atoms in total. The van der Waals surface area contributed by atoms with Gasteiger partial charge in [-0.15, -0.1) is 0 Å². The second-order valence-corrected chi connectivity index (χ2v) is 9.76. The number of carbonyl (C=O) groups is 1. The Bertz CT molecular complexity index is 908. The zero-order valence-electron chi connectivity index (χ0n) is 18.4. The van der Waals surface area contributed by atoms with Crippen molar-refractivity contribution in [3.05, 3.63) is 40.7 Å². The number of nitrogens with zero attached hydrogens (tertiary/aromatic N) is 4. The van der Waals surface area contributed by atoms with Crippen LogP contribution >= 0.6 is 11.6 Å². The first-order chi connectivity index (χ1) is 15.2. The van der Waals surface area contributed by atoms with Crippen molar-refractivity contribution < 1.29 is 4.79 Å². The van der Waals surface area contributed by atoms with Crippen molar-refractivity contribution in [3.63, 3.8) is 0 Å². The first-order valence-electron chi connectivity index (χ1n) is 12.1. The Morgan fingerprint density at radius 1 is 0.871 bits per heavy atom. The van der Waals surface area contributed by atoms with Crippen LogP contribution < -0.4 is 0 Å². The SMILES string of the molecule is O=C(c1nc(-c2ccc(Cl)cc2)n2c1CCCCC2)N1CCN(C2CCCCC2)CC1. The smallest absolute Gasteiger partial charge is 0.274 e. The molecule has 2 fully saturated rings. The van der Waals surface area contributed by atoms with E-state index in [-0.39, 0.29) is 5.91 Å². The average molecular weight is 441 g/mol. The molecule has 1 aromatic heterocycles. The lowest BCUT2D eigenvalue weighted by molar-refractivity contribution is 0.0517. The van der Waals surface area contributed by atoms with Crippen molar-refractivity contribution >= 4 is 17.5 Å². The molecular formula is C25H33ClN4O. The first-order valence-corrected chi connectivity index (χ1v) is 12.5. The number of amides is 1. The lowest BCUT2D eigenvalue weighted by Gasteiger charge is -2.40. The van der Waals surface area contributed by atoms with E-state index in [2.05, 4.69) is 9.47 Å². The fourth-order valence-electron chi connectivity index (χ4n) is 5.60. The molecule has 0 spiro atoms. The Labute approximate surface area is 190 Å². The van der Waals surface area contributed by atoms with Crippen LogP contribution in [-0.2, 0) is 13.0 Å². The molecule has 1 aliphatic carbocycles. The molecule has 1 saturated carbocycles. The number of carbonyl (C=O) groups excluding carboxylic acids is 1. The summed E-state index contributed by atoms with van der Waals surface area (Å²) in [5.41, 5.74) is 2.84. The van der Waals surface area contributed by atoms with Gasteiger partial charge in [-0.05, 0) is 56.4 Å². The van der Waals surface area contributed by atoms with E-state index in [9.17, 15) is 4.79 Å². The molecule has 1 amide bonds. The van der Waals surface area contributed by atoms with Crippen molar-refractivity contribution in [2.24, 2.45) is 0 Å². The maximum absolute atomic E-state index is 13.6. The van der Waals surface area contributed by atoms with Gasteiger partial charge in [0.1, 0.15) is 11.5 Å². The van der Waals surface area contributed by atoms with E-state index in [1.807, 2.05) is 29.2 Å². The van der Waals surface area contributed by atoms with Gasteiger partial charge in [0.15, 0.2) is 0 Å². The molecule has 0 N–H and O–H groups in total. The minimum absolute atomic E-state index is 0.120. The number of benzene rings is 1. The normalized spacial score (nSPS) is 21.0. The molecule has 0 atom stereocenters. The lowest BCUT2D eigenvalue weighted by Crippen LogP contribution is -2.52. The van der Waals surface area contributed by atoms with Crippen LogP contribution in [0.3, 0.4) is 0 Å². The average Bonchev–Trinajstić information content (AvgIpc) is 3.00. The molecule has 0 unspecified atom stereocenters. The third-order valence-corrected chi connectivity index (χ3v) is 7.62. The number of fused-ring (bicyclic) bond motifs is 1. The van der Waals surface area contributed by atoms with Crippen LogP contribution in [0.4, 0.5) is 0 Å². The number of imidazole rings is 1. The van der Waals surface area contributed by atoms with Crippen molar-refractivity contribution in [1.82, 2.24) is 19.4 Å². The van der Waals surface area contributed by atoms with Gasteiger partial charge in [-0.25, -0.2) is 4.98 Å². The van der Waals surface area contributed by atoms with E-state index in [0.29, 0.717) is 5.69 Å². The summed E-state index contributed by atoms with van der Waals surface area (Å²) in [7, 11) is 0. The van der Waals surface area contributed by atoms with Gasteiger partial charge in [-0.2, -0.15) is 0 Å². The molecule has 3 aliphatic rings. The number of hydrogen-bond donors (Lipinski definition) is 0. The van der Waals surface area contributed by atoms with Crippen LogP contribution in [-0.4, -0.2) is 57.5 Å². The van der Waals surface area contributed by atoms with Crippen molar-refractivity contribution in [2.45, 2.75) is 70.4 Å². The summed E-state index contributed by atoms with van der Waals surface area (Å²) in [5.74, 6) is 1.03. The summed E-state index contributed by atoms with van der Waals surface area (Å²) in [5, 5.41) is 0.721. The highest BCUT2D eigenvalue weighted by Gasteiger charge is 2.31. The van der Waals surface area contributed by atoms with Crippen LogP contribution in [0.2, 0.25) is 5.02 Å². The monoisotopic (exact) mass is 440 g/mol. The molecule has 2 aromatic rings. The number of aromatic nitrogens is 2. The number of rotatable bonds is 3. The van der Waals surface area contributed by atoms with Crippen LogP contribution in [0.15, 0.2) is 24.3 Å². The topological polar surface area (TPSA) is 41.4 Å². The largest absolute Gasteiger partial charge is 0.335 e. The van der Waals surface area contributed by atoms with Crippen molar-refractivity contribution in [3.8, 4) is 11.4 Å². The third-order valence-electron chi connectivity index (χ3n) is 7.37. The lowest BCUT2D eigenvalue weighted by atomic mass is 9.94. The third kappa shape index (κ3) is 4.40. The molecule has 0 bridgehead atoms. The molecule has 3 heterocycles. The summed E-state index contributed by atoms with van der Waals surface area (Å²) in [4.78, 5) is 23.2. The van der Waals surface area contributed by atoms with Gasteiger partial charge >= 0.3 is 0 Å². The predicted molar refractivity (Wildman–Crippen MR) is 125 cm³/mol. The van der Waals surface area contributed by atoms with E-state index in [4.69, 9.17) is 16.6 Å². The molecule has 31 heavy (non-hydrogen) atoms. The zero-order valence-corrected chi connectivity index (χ0v) is 19.1. The van der Waals surface area contributed by atoms with Gasteiger partial charge in [-0.3, -0.25) is 9.69 Å². The van der Waals surface area contributed by atoms with Crippen molar-refractivity contribution in [1.29, 1.82) is 0 Å². The Kier molecular flexibility index (Phi) is 6.33. The molecule has 1 aromatic carbocycles. The summed E-state index contributed by atoms with van der Waals surface area (Å²) in [6.07, 6.45) is 11.2. The van der Waals surface area contributed by atoms with Gasteiger partial charge in [-0.1, -0.05) is 37.3 Å². The standard InChI is InChI=1S/C25H33ClN4O/c26-20-12-10-19(11-13-20)24-27-23(22-9-5-2-6-14-30(22)24)25(31)29-17-15-28(16-18-29)21-7-3-1-4-8-21/h10-13,21H,1-9,14-18H2.